The van der Waals surface area contributed by atoms with Crippen LogP contribution < -0.4 is 10.4 Å². The van der Waals surface area contributed by atoms with Crippen molar-refractivity contribution in [2.75, 3.05) is 0 Å². The molecule has 0 bridgehead atoms. The summed E-state index contributed by atoms with van der Waals surface area (Å²) in [7, 11) is 0. The Hall–Kier alpha value is -2.24. The fraction of sp³-hybridized carbons (Fsp3) is 0.273. The van der Waals surface area contributed by atoms with Crippen LogP contribution in [0.2, 0.25) is 0 Å². The van der Waals surface area contributed by atoms with Crippen molar-refractivity contribution in [2.24, 2.45) is 5.92 Å². The molecule has 0 unspecified atom stereocenters. The first-order chi connectivity index (χ1) is 8.09. The maximum Gasteiger partial charge on any atom is 0.337 e. The molecule has 0 aliphatic rings. The van der Waals surface area contributed by atoms with Crippen LogP contribution in [0.25, 0.3) is 10.9 Å². The van der Waals surface area contributed by atoms with Crippen LogP contribution in [0.4, 0.5) is 0 Å². The second-order valence-electron chi connectivity index (χ2n) is 3.85. The summed E-state index contributed by atoms with van der Waals surface area (Å²) in [5.41, 5.74) is -0.0288. The number of fused-ring (bicyclic) bond motifs is 1. The molecule has 6 heteroatoms. The van der Waals surface area contributed by atoms with Crippen molar-refractivity contribution in [1.29, 1.82) is 0 Å². The minimum atomic E-state index is -0.531. The molecular formula is C11H11N3O3. The molecule has 1 aromatic heterocycles. The van der Waals surface area contributed by atoms with E-state index in [9.17, 15) is 9.59 Å². The zero-order valence-corrected chi connectivity index (χ0v) is 9.45. The van der Waals surface area contributed by atoms with Gasteiger partial charge in [-0.25, -0.2) is 4.79 Å². The highest BCUT2D eigenvalue weighted by molar-refractivity contribution is 5.76. The number of carbonyl (C=O) groups excluding carboxylic acids is 1. The molecule has 0 amide bonds. The van der Waals surface area contributed by atoms with Gasteiger partial charge in [0.05, 0.1) is 11.3 Å². The van der Waals surface area contributed by atoms with Gasteiger partial charge in [0.2, 0.25) is 0 Å². The van der Waals surface area contributed by atoms with Crippen LogP contribution >= 0.6 is 0 Å². The van der Waals surface area contributed by atoms with Crippen molar-refractivity contribution in [2.45, 2.75) is 13.8 Å². The van der Waals surface area contributed by atoms with Crippen LogP contribution in [0.1, 0.15) is 13.8 Å². The lowest BCUT2D eigenvalue weighted by Gasteiger charge is -2.06. The smallest absolute Gasteiger partial charge is 0.314 e. The molecule has 0 radical (unpaired) electrons. The monoisotopic (exact) mass is 233 g/mol. The van der Waals surface area contributed by atoms with Crippen molar-refractivity contribution >= 4 is 16.9 Å². The van der Waals surface area contributed by atoms with E-state index in [0.29, 0.717) is 15.7 Å². The van der Waals surface area contributed by atoms with Crippen LogP contribution in [0.15, 0.2) is 29.1 Å². The number of benzene rings is 1. The van der Waals surface area contributed by atoms with Gasteiger partial charge in [0.15, 0.2) is 0 Å². The van der Waals surface area contributed by atoms with Gasteiger partial charge in [0, 0.05) is 0 Å². The maximum absolute atomic E-state index is 11.9. The molecule has 0 fully saturated rings. The van der Waals surface area contributed by atoms with Gasteiger partial charge in [-0.15, -0.1) is 5.10 Å². The second kappa shape index (κ2) is 4.32. The van der Waals surface area contributed by atoms with Crippen LogP contribution in [-0.4, -0.2) is 21.1 Å². The molecule has 0 aliphatic carbocycles. The summed E-state index contributed by atoms with van der Waals surface area (Å²) in [5.74, 6) is -0.869. The van der Waals surface area contributed by atoms with E-state index in [2.05, 4.69) is 10.3 Å². The molecule has 0 saturated heterocycles. The number of hydrogen-bond acceptors (Lipinski definition) is 5. The summed E-state index contributed by atoms with van der Waals surface area (Å²) >= 11 is 0. The fourth-order valence-corrected chi connectivity index (χ4v) is 1.22. The van der Waals surface area contributed by atoms with E-state index in [1.807, 2.05) is 0 Å². The number of aromatic nitrogens is 3. The first-order valence-corrected chi connectivity index (χ1v) is 5.16. The Balaban J connectivity index is 2.47. The highest BCUT2D eigenvalue weighted by Gasteiger charge is 2.13. The Labute approximate surface area is 96.8 Å². The summed E-state index contributed by atoms with van der Waals surface area (Å²) in [6.45, 7) is 3.34. The summed E-state index contributed by atoms with van der Waals surface area (Å²) in [6, 6.07) is 6.73. The fourth-order valence-electron chi connectivity index (χ4n) is 1.22. The quantitative estimate of drug-likeness (QED) is 0.702. The Kier molecular flexibility index (Phi) is 2.86. The lowest BCUT2D eigenvalue weighted by Crippen LogP contribution is -2.35. The van der Waals surface area contributed by atoms with Crippen molar-refractivity contribution in [3.05, 3.63) is 34.6 Å². The third-order valence-electron chi connectivity index (χ3n) is 2.19. The van der Waals surface area contributed by atoms with Gasteiger partial charge >= 0.3 is 11.5 Å². The highest BCUT2D eigenvalue weighted by Crippen LogP contribution is 2.03. The molecule has 0 atom stereocenters. The predicted octanol–water partition coefficient (Wildman–Crippen LogP) is 0.403. The molecule has 0 saturated carbocycles. The highest BCUT2D eigenvalue weighted by atomic mass is 16.7. The number of nitrogens with zero attached hydrogens (tertiary/aromatic N) is 3. The summed E-state index contributed by atoms with van der Waals surface area (Å²) < 4.78 is 0. The lowest BCUT2D eigenvalue weighted by molar-refractivity contribution is -0.150. The molecule has 0 spiro atoms. The molecule has 6 nitrogen and oxygen atoms in total. The van der Waals surface area contributed by atoms with E-state index in [-0.39, 0.29) is 5.92 Å². The zero-order valence-electron chi connectivity index (χ0n) is 9.45. The Morgan fingerprint density at radius 1 is 1.35 bits per heavy atom. The maximum atomic E-state index is 11.9. The summed E-state index contributed by atoms with van der Waals surface area (Å²) in [5, 5.41) is 7.69. The molecular weight excluding hydrogens is 222 g/mol. The lowest BCUT2D eigenvalue weighted by atomic mass is 10.2. The molecule has 1 aromatic carbocycles. The molecule has 1 heterocycles. The van der Waals surface area contributed by atoms with Gasteiger partial charge in [-0.05, 0) is 22.2 Å². The van der Waals surface area contributed by atoms with E-state index >= 15 is 0 Å². The Morgan fingerprint density at radius 3 is 2.76 bits per heavy atom. The van der Waals surface area contributed by atoms with Gasteiger partial charge in [-0.3, -0.25) is 4.79 Å². The number of rotatable bonds is 2. The van der Waals surface area contributed by atoms with Gasteiger partial charge in [-0.2, -0.15) is 0 Å². The summed E-state index contributed by atoms with van der Waals surface area (Å²) in [6.07, 6.45) is 0. The van der Waals surface area contributed by atoms with Crippen molar-refractivity contribution in [3.63, 3.8) is 0 Å². The molecule has 2 rings (SSSR count). The minimum Gasteiger partial charge on any atom is -0.314 e. The van der Waals surface area contributed by atoms with Gasteiger partial charge in [0.25, 0.3) is 0 Å². The standard InChI is InChI=1S/C11H11N3O3/c1-7(2)11(16)17-14-10(15)8-5-3-4-6-9(8)12-13-14/h3-7H,1-2H3. The molecule has 0 N–H and O–H groups in total. The third kappa shape index (κ3) is 2.15. The van der Waals surface area contributed by atoms with Crippen LogP contribution in [0.5, 0.6) is 0 Å². The van der Waals surface area contributed by atoms with Crippen molar-refractivity contribution in [1.82, 2.24) is 15.2 Å². The third-order valence-corrected chi connectivity index (χ3v) is 2.19. The summed E-state index contributed by atoms with van der Waals surface area (Å²) in [4.78, 5) is 28.6. The van der Waals surface area contributed by atoms with Crippen LogP contribution in [0, 0.1) is 5.92 Å². The van der Waals surface area contributed by atoms with E-state index < -0.39 is 11.5 Å². The first-order valence-electron chi connectivity index (χ1n) is 5.16. The largest absolute Gasteiger partial charge is 0.337 e. The molecule has 17 heavy (non-hydrogen) atoms. The van der Waals surface area contributed by atoms with E-state index in [0.717, 1.165) is 0 Å². The zero-order chi connectivity index (χ0) is 12.4. The average Bonchev–Trinajstić information content (AvgIpc) is 2.33. The van der Waals surface area contributed by atoms with Gasteiger partial charge in [0.1, 0.15) is 5.52 Å². The minimum absolute atomic E-state index is 0.338. The SMILES string of the molecule is CC(C)C(=O)On1nnc2ccccc2c1=O. The van der Waals surface area contributed by atoms with Gasteiger partial charge < -0.3 is 4.84 Å². The normalized spacial score (nSPS) is 10.8. The Bertz CT molecular complexity index is 619. The van der Waals surface area contributed by atoms with Crippen molar-refractivity contribution < 1.29 is 9.63 Å². The van der Waals surface area contributed by atoms with Crippen LogP contribution in [0.3, 0.4) is 0 Å². The molecule has 2 aromatic rings. The van der Waals surface area contributed by atoms with E-state index in [1.54, 1.807) is 38.1 Å². The number of carbonyl (C=O) groups is 1. The second-order valence-corrected chi connectivity index (χ2v) is 3.85. The Morgan fingerprint density at radius 2 is 2.06 bits per heavy atom. The predicted molar refractivity (Wildman–Crippen MR) is 60.2 cm³/mol. The molecule has 88 valence electrons. The molecule has 0 aliphatic heterocycles. The first kappa shape index (κ1) is 11.3. The topological polar surface area (TPSA) is 74.1 Å². The van der Waals surface area contributed by atoms with Gasteiger partial charge in [-0.1, -0.05) is 26.0 Å². The van der Waals surface area contributed by atoms with E-state index in [4.69, 9.17) is 4.84 Å². The van der Waals surface area contributed by atoms with Crippen molar-refractivity contribution in [3.8, 4) is 0 Å². The van der Waals surface area contributed by atoms with E-state index in [1.165, 1.54) is 0 Å². The number of hydrogen-bond donors (Lipinski definition) is 0. The average molecular weight is 233 g/mol. The van der Waals surface area contributed by atoms with Crippen LogP contribution in [-0.2, 0) is 4.79 Å².